The molecule has 2 rings (SSSR count). The molecule has 1 atom stereocenters. The standard InChI is InChI=1S/C12H19ClN4/c1-9-7-11(13)16-12(15-9)17(2)8-10-5-3-4-6-14-10/h7,10,14H,3-6,8H2,1-2H3/t10-/m0/s1. The molecule has 1 aliphatic rings. The minimum atomic E-state index is 0.510. The van der Waals surface area contributed by atoms with Crippen molar-refractivity contribution in [2.75, 3.05) is 25.0 Å². The molecule has 0 amide bonds. The Morgan fingerprint density at radius 1 is 1.47 bits per heavy atom. The van der Waals surface area contributed by atoms with E-state index in [1.165, 1.54) is 19.3 Å². The van der Waals surface area contributed by atoms with Crippen molar-refractivity contribution in [2.24, 2.45) is 0 Å². The molecule has 0 spiro atoms. The van der Waals surface area contributed by atoms with Gasteiger partial charge < -0.3 is 10.2 Å². The number of halogens is 1. The number of aromatic nitrogens is 2. The molecule has 0 aromatic carbocycles. The second-order valence-corrected chi connectivity index (χ2v) is 5.05. The van der Waals surface area contributed by atoms with Crippen LogP contribution in [-0.2, 0) is 0 Å². The van der Waals surface area contributed by atoms with Crippen molar-refractivity contribution in [3.63, 3.8) is 0 Å². The molecule has 1 saturated heterocycles. The van der Waals surface area contributed by atoms with Gasteiger partial charge in [0.05, 0.1) is 0 Å². The van der Waals surface area contributed by atoms with Gasteiger partial charge in [0, 0.05) is 25.3 Å². The minimum Gasteiger partial charge on any atom is -0.342 e. The molecule has 1 aromatic heterocycles. The van der Waals surface area contributed by atoms with Gasteiger partial charge >= 0.3 is 0 Å². The van der Waals surface area contributed by atoms with E-state index in [0.29, 0.717) is 17.1 Å². The van der Waals surface area contributed by atoms with Crippen LogP contribution in [0, 0.1) is 6.92 Å². The van der Waals surface area contributed by atoms with Crippen LogP contribution in [0.2, 0.25) is 5.15 Å². The average Bonchev–Trinajstić information content (AvgIpc) is 2.29. The molecule has 2 heterocycles. The van der Waals surface area contributed by atoms with Gasteiger partial charge in [-0.05, 0) is 32.4 Å². The number of nitrogens with zero attached hydrogens (tertiary/aromatic N) is 3. The summed E-state index contributed by atoms with van der Waals surface area (Å²) in [6, 6.07) is 2.31. The lowest BCUT2D eigenvalue weighted by Gasteiger charge is -2.28. The van der Waals surface area contributed by atoms with E-state index in [2.05, 4.69) is 20.2 Å². The summed E-state index contributed by atoms with van der Waals surface area (Å²) in [6.07, 6.45) is 3.82. The topological polar surface area (TPSA) is 41.1 Å². The smallest absolute Gasteiger partial charge is 0.226 e. The fourth-order valence-corrected chi connectivity index (χ4v) is 2.41. The van der Waals surface area contributed by atoms with Gasteiger partial charge in [-0.2, -0.15) is 0 Å². The number of hydrogen-bond donors (Lipinski definition) is 1. The number of rotatable bonds is 3. The van der Waals surface area contributed by atoms with Crippen molar-refractivity contribution in [3.8, 4) is 0 Å². The van der Waals surface area contributed by atoms with E-state index >= 15 is 0 Å². The monoisotopic (exact) mass is 254 g/mol. The molecular formula is C12H19ClN4. The van der Waals surface area contributed by atoms with Gasteiger partial charge in [-0.15, -0.1) is 0 Å². The van der Waals surface area contributed by atoms with Gasteiger partial charge in [-0.3, -0.25) is 0 Å². The Kier molecular flexibility index (Phi) is 4.18. The van der Waals surface area contributed by atoms with E-state index in [9.17, 15) is 0 Å². The SMILES string of the molecule is Cc1cc(Cl)nc(N(C)C[C@@H]2CCCCN2)n1. The first-order chi connectivity index (χ1) is 8.15. The number of hydrogen-bond acceptors (Lipinski definition) is 4. The lowest BCUT2D eigenvalue weighted by atomic mass is 10.0. The predicted octanol–water partition coefficient (Wildman–Crippen LogP) is 2.02. The molecular weight excluding hydrogens is 236 g/mol. The highest BCUT2D eigenvalue weighted by Gasteiger charge is 2.16. The summed E-state index contributed by atoms with van der Waals surface area (Å²) in [7, 11) is 2.02. The fraction of sp³-hybridized carbons (Fsp3) is 0.667. The molecule has 1 fully saturated rings. The van der Waals surface area contributed by atoms with E-state index in [0.717, 1.165) is 18.8 Å². The van der Waals surface area contributed by atoms with E-state index in [1.54, 1.807) is 6.07 Å². The van der Waals surface area contributed by atoms with Crippen LogP contribution < -0.4 is 10.2 Å². The molecule has 1 aliphatic heterocycles. The number of nitrogens with one attached hydrogen (secondary N) is 1. The third kappa shape index (κ3) is 3.54. The quantitative estimate of drug-likeness (QED) is 0.838. The van der Waals surface area contributed by atoms with Gasteiger partial charge in [-0.25, -0.2) is 9.97 Å². The highest BCUT2D eigenvalue weighted by atomic mass is 35.5. The van der Waals surface area contributed by atoms with E-state index in [-0.39, 0.29) is 0 Å². The van der Waals surface area contributed by atoms with Crippen molar-refractivity contribution in [2.45, 2.75) is 32.2 Å². The van der Waals surface area contributed by atoms with Crippen molar-refractivity contribution in [3.05, 3.63) is 16.9 Å². The average molecular weight is 255 g/mol. The first-order valence-corrected chi connectivity index (χ1v) is 6.48. The van der Waals surface area contributed by atoms with Crippen LogP contribution in [0.5, 0.6) is 0 Å². The van der Waals surface area contributed by atoms with Crippen LogP contribution in [0.25, 0.3) is 0 Å². The Morgan fingerprint density at radius 2 is 2.29 bits per heavy atom. The Labute approximate surface area is 107 Å². The van der Waals surface area contributed by atoms with E-state index in [4.69, 9.17) is 11.6 Å². The molecule has 0 unspecified atom stereocenters. The zero-order valence-corrected chi connectivity index (χ0v) is 11.2. The minimum absolute atomic E-state index is 0.510. The Hall–Kier alpha value is -0.870. The maximum atomic E-state index is 5.94. The van der Waals surface area contributed by atoms with E-state index in [1.807, 2.05) is 14.0 Å². The largest absolute Gasteiger partial charge is 0.342 e. The Morgan fingerprint density at radius 3 is 2.94 bits per heavy atom. The highest BCUT2D eigenvalue weighted by Crippen LogP contribution is 2.14. The third-order valence-electron chi connectivity index (χ3n) is 3.06. The van der Waals surface area contributed by atoms with E-state index < -0.39 is 0 Å². The Balaban J connectivity index is 2.00. The normalized spacial score (nSPS) is 20.3. The second kappa shape index (κ2) is 5.65. The van der Waals surface area contributed by atoms with Crippen LogP contribution in [0.3, 0.4) is 0 Å². The van der Waals surface area contributed by atoms with Crippen molar-refractivity contribution < 1.29 is 0 Å². The number of anilines is 1. The maximum Gasteiger partial charge on any atom is 0.226 e. The van der Waals surface area contributed by atoms with Crippen molar-refractivity contribution >= 4 is 17.5 Å². The van der Waals surface area contributed by atoms with Crippen LogP contribution >= 0.6 is 11.6 Å². The number of likely N-dealkylation sites (N-methyl/N-ethyl adjacent to an activating group) is 1. The molecule has 4 nitrogen and oxygen atoms in total. The molecule has 94 valence electrons. The summed E-state index contributed by atoms with van der Waals surface area (Å²) in [4.78, 5) is 10.7. The van der Waals surface area contributed by atoms with Crippen molar-refractivity contribution in [1.29, 1.82) is 0 Å². The Bertz CT molecular complexity index is 357. The lowest BCUT2D eigenvalue weighted by molar-refractivity contribution is 0.402. The number of piperidine rings is 1. The van der Waals surface area contributed by atoms with Gasteiger partial charge in [0.1, 0.15) is 5.15 Å². The van der Waals surface area contributed by atoms with Gasteiger partial charge in [0.2, 0.25) is 5.95 Å². The van der Waals surface area contributed by atoms with Crippen molar-refractivity contribution in [1.82, 2.24) is 15.3 Å². The van der Waals surface area contributed by atoms with Gasteiger partial charge in [0.15, 0.2) is 0 Å². The van der Waals surface area contributed by atoms with Crippen LogP contribution in [-0.4, -0.2) is 36.1 Å². The molecule has 0 saturated carbocycles. The summed E-state index contributed by atoms with van der Waals surface area (Å²) in [5.41, 5.74) is 0.906. The number of aryl methyl sites for hydroxylation is 1. The molecule has 5 heteroatoms. The summed E-state index contributed by atoms with van der Waals surface area (Å²) in [5.74, 6) is 0.711. The molecule has 17 heavy (non-hydrogen) atoms. The third-order valence-corrected chi connectivity index (χ3v) is 3.25. The zero-order chi connectivity index (χ0) is 12.3. The summed E-state index contributed by atoms with van der Waals surface area (Å²) in [6.45, 7) is 3.98. The molecule has 1 N–H and O–H groups in total. The molecule has 0 aliphatic carbocycles. The highest BCUT2D eigenvalue weighted by molar-refractivity contribution is 6.29. The molecule has 0 bridgehead atoms. The maximum absolute atomic E-state index is 5.94. The first-order valence-electron chi connectivity index (χ1n) is 6.11. The summed E-state index contributed by atoms with van der Waals surface area (Å²) >= 11 is 5.94. The van der Waals surface area contributed by atoms with Gasteiger partial charge in [0.25, 0.3) is 0 Å². The molecule has 0 radical (unpaired) electrons. The zero-order valence-electron chi connectivity index (χ0n) is 10.4. The summed E-state index contributed by atoms with van der Waals surface area (Å²) < 4.78 is 0. The predicted molar refractivity (Wildman–Crippen MR) is 70.7 cm³/mol. The second-order valence-electron chi connectivity index (χ2n) is 4.66. The lowest BCUT2D eigenvalue weighted by Crippen LogP contribution is -2.42. The van der Waals surface area contributed by atoms with Crippen LogP contribution in [0.15, 0.2) is 6.07 Å². The fourth-order valence-electron chi connectivity index (χ4n) is 2.18. The molecule has 1 aromatic rings. The van der Waals surface area contributed by atoms with Crippen LogP contribution in [0.4, 0.5) is 5.95 Å². The van der Waals surface area contributed by atoms with Crippen LogP contribution in [0.1, 0.15) is 25.0 Å². The van der Waals surface area contributed by atoms with Gasteiger partial charge in [-0.1, -0.05) is 18.0 Å². The summed E-state index contributed by atoms with van der Waals surface area (Å²) in [5, 5.41) is 4.03. The first kappa shape index (κ1) is 12.6.